The Hall–Kier alpha value is -1.59. The van der Waals surface area contributed by atoms with Crippen LogP contribution in [0.1, 0.15) is 12.8 Å². The van der Waals surface area contributed by atoms with Gasteiger partial charge in [0.2, 0.25) is 10.0 Å². The molecule has 0 aromatic heterocycles. The molecule has 2 atom stereocenters. The molecule has 1 saturated heterocycles. The number of amides is 1. The number of nitrogens with two attached hydrogens (primary N) is 1. The number of anilines is 1. The van der Waals surface area contributed by atoms with E-state index in [1.165, 1.54) is 23.5 Å². The summed E-state index contributed by atoms with van der Waals surface area (Å²) < 4.78 is 43.9. The van der Waals surface area contributed by atoms with Crippen LogP contribution in [0, 0.1) is 0 Å². The van der Waals surface area contributed by atoms with Crippen molar-refractivity contribution >= 4 is 34.0 Å². The van der Waals surface area contributed by atoms with Gasteiger partial charge in [-0.2, -0.15) is 4.31 Å². The third kappa shape index (κ3) is 4.14. The quantitative estimate of drug-likeness (QED) is 0.713. The monoisotopic (exact) mass is 421 g/mol. The highest BCUT2D eigenvalue weighted by Gasteiger charge is 2.38. The fourth-order valence-electron chi connectivity index (χ4n) is 3.31. The van der Waals surface area contributed by atoms with Crippen LogP contribution in [0.3, 0.4) is 0 Å². The minimum Gasteiger partial charge on any atom is -0.495 e. The van der Waals surface area contributed by atoms with Crippen LogP contribution >= 0.6 is 12.4 Å². The zero-order valence-electron chi connectivity index (χ0n) is 15.1. The van der Waals surface area contributed by atoms with Crippen LogP contribution in [-0.4, -0.2) is 64.7 Å². The number of benzene rings is 1. The van der Waals surface area contributed by atoms with E-state index in [9.17, 15) is 13.2 Å². The second kappa shape index (κ2) is 8.61. The van der Waals surface area contributed by atoms with Crippen LogP contribution < -0.4 is 20.5 Å². The van der Waals surface area contributed by atoms with Gasteiger partial charge in [-0.3, -0.25) is 4.79 Å². The minimum absolute atomic E-state index is 0. The maximum absolute atomic E-state index is 13.3. The standard InChI is InChI=1S/C16H23N3O6S.ClH/c1-23-11-3-4-19(10(5-11)8-17)26(21,22)15-7-13-12(6-14(15)24-2)18-16(20)9-25-13;/h6-7,10-11H,3-5,8-9,17H2,1-2H3,(H,18,20);1H. The molecule has 9 nitrogen and oxygen atoms in total. The molecule has 3 rings (SSSR count). The molecule has 2 unspecified atom stereocenters. The van der Waals surface area contributed by atoms with Gasteiger partial charge < -0.3 is 25.3 Å². The van der Waals surface area contributed by atoms with Gasteiger partial charge in [0.25, 0.3) is 5.91 Å². The van der Waals surface area contributed by atoms with Crippen molar-refractivity contribution in [3.8, 4) is 11.5 Å². The lowest BCUT2D eigenvalue weighted by Gasteiger charge is -2.37. The highest BCUT2D eigenvalue weighted by molar-refractivity contribution is 7.89. The maximum atomic E-state index is 13.3. The summed E-state index contributed by atoms with van der Waals surface area (Å²) in [5.41, 5.74) is 6.20. The number of carbonyl (C=O) groups excluding carboxylic acids is 1. The summed E-state index contributed by atoms with van der Waals surface area (Å²) in [6.45, 7) is 0.336. The molecule has 0 spiro atoms. The first kappa shape index (κ1) is 21.7. The highest BCUT2D eigenvalue weighted by Crippen LogP contribution is 2.39. The minimum atomic E-state index is -3.86. The molecule has 152 valence electrons. The molecule has 27 heavy (non-hydrogen) atoms. The Balaban J connectivity index is 0.00000261. The second-order valence-electron chi connectivity index (χ2n) is 6.22. The van der Waals surface area contributed by atoms with Gasteiger partial charge in [0.1, 0.15) is 16.4 Å². The van der Waals surface area contributed by atoms with Crippen LogP contribution in [0.15, 0.2) is 17.0 Å². The number of hydrogen-bond donors (Lipinski definition) is 2. The molecule has 1 aromatic rings. The lowest BCUT2D eigenvalue weighted by atomic mass is 10.0. The number of hydrogen-bond acceptors (Lipinski definition) is 7. The number of piperidine rings is 1. The summed E-state index contributed by atoms with van der Waals surface area (Å²) in [6, 6.07) is 2.48. The van der Waals surface area contributed by atoms with Crippen molar-refractivity contribution in [1.82, 2.24) is 4.31 Å². The molecule has 0 aliphatic carbocycles. The topological polar surface area (TPSA) is 120 Å². The van der Waals surface area contributed by atoms with Gasteiger partial charge in [0, 0.05) is 38.4 Å². The number of nitrogens with one attached hydrogen (secondary N) is 1. The van der Waals surface area contributed by atoms with Crippen LogP contribution in [0.2, 0.25) is 0 Å². The Morgan fingerprint density at radius 1 is 1.37 bits per heavy atom. The van der Waals surface area contributed by atoms with Crippen molar-refractivity contribution in [3.05, 3.63) is 12.1 Å². The molecule has 11 heteroatoms. The lowest BCUT2D eigenvalue weighted by Crippen LogP contribution is -2.51. The number of fused-ring (bicyclic) bond motifs is 1. The van der Waals surface area contributed by atoms with Crippen molar-refractivity contribution in [3.63, 3.8) is 0 Å². The molecule has 0 bridgehead atoms. The maximum Gasteiger partial charge on any atom is 0.262 e. The number of sulfonamides is 1. The van der Waals surface area contributed by atoms with E-state index < -0.39 is 10.0 Å². The molecular weight excluding hydrogens is 398 g/mol. The molecular formula is C16H24ClN3O6S. The van der Waals surface area contributed by atoms with E-state index >= 15 is 0 Å². The fourth-order valence-corrected chi connectivity index (χ4v) is 5.13. The Morgan fingerprint density at radius 2 is 2.11 bits per heavy atom. The van der Waals surface area contributed by atoms with E-state index in [1.807, 2.05) is 0 Å². The summed E-state index contributed by atoms with van der Waals surface area (Å²) in [7, 11) is -0.874. The van der Waals surface area contributed by atoms with E-state index in [0.717, 1.165) is 0 Å². The Kier molecular flexibility index (Phi) is 6.92. The van der Waals surface area contributed by atoms with Crippen molar-refractivity contribution in [2.24, 2.45) is 5.73 Å². The lowest BCUT2D eigenvalue weighted by molar-refractivity contribution is -0.118. The van der Waals surface area contributed by atoms with E-state index in [2.05, 4.69) is 5.32 Å². The summed E-state index contributed by atoms with van der Waals surface area (Å²) in [4.78, 5) is 11.5. The molecule has 1 aromatic carbocycles. The van der Waals surface area contributed by atoms with E-state index in [-0.39, 0.29) is 54.3 Å². The number of ether oxygens (including phenoxy) is 3. The third-order valence-electron chi connectivity index (χ3n) is 4.70. The van der Waals surface area contributed by atoms with Gasteiger partial charge in [-0.15, -0.1) is 12.4 Å². The SMILES string of the molecule is COc1cc2c(cc1S(=O)(=O)N1CCC(OC)CC1CN)OCC(=O)N2.Cl. The van der Waals surface area contributed by atoms with Crippen molar-refractivity contribution in [2.45, 2.75) is 29.9 Å². The zero-order chi connectivity index (χ0) is 18.9. The smallest absolute Gasteiger partial charge is 0.262 e. The molecule has 0 radical (unpaired) electrons. The van der Waals surface area contributed by atoms with Crippen molar-refractivity contribution in [2.75, 3.05) is 39.2 Å². The van der Waals surface area contributed by atoms with Gasteiger partial charge in [-0.05, 0) is 12.8 Å². The van der Waals surface area contributed by atoms with Crippen LogP contribution in [-0.2, 0) is 19.6 Å². The van der Waals surface area contributed by atoms with Gasteiger partial charge in [0.05, 0.1) is 18.9 Å². The summed E-state index contributed by atoms with van der Waals surface area (Å²) in [5.74, 6) is 0.124. The van der Waals surface area contributed by atoms with Crippen LogP contribution in [0.25, 0.3) is 0 Å². The Morgan fingerprint density at radius 3 is 2.74 bits per heavy atom. The summed E-state index contributed by atoms with van der Waals surface area (Å²) in [5, 5.41) is 2.64. The first-order valence-corrected chi connectivity index (χ1v) is 9.74. The Bertz CT molecular complexity index is 804. The van der Waals surface area contributed by atoms with Crippen LogP contribution in [0.5, 0.6) is 11.5 Å². The molecule has 2 aliphatic heterocycles. The zero-order valence-corrected chi connectivity index (χ0v) is 16.8. The molecule has 1 amide bonds. The van der Waals surface area contributed by atoms with Gasteiger partial charge in [-0.1, -0.05) is 0 Å². The van der Waals surface area contributed by atoms with Gasteiger partial charge in [0.15, 0.2) is 6.61 Å². The number of rotatable bonds is 5. The summed E-state index contributed by atoms with van der Waals surface area (Å²) in [6.07, 6.45) is 1.11. The first-order chi connectivity index (χ1) is 12.4. The molecule has 0 saturated carbocycles. The van der Waals surface area contributed by atoms with Gasteiger partial charge in [-0.25, -0.2) is 8.42 Å². The van der Waals surface area contributed by atoms with Gasteiger partial charge >= 0.3 is 0 Å². The first-order valence-electron chi connectivity index (χ1n) is 8.30. The van der Waals surface area contributed by atoms with E-state index in [1.54, 1.807) is 7.11 Å². The van der Waals surface area contributed by atoms with E-state index in [4.69, 9.17) is 19.9 Å². The molecule has 1 fully saturated rings. The highest BCUT2D eigenvalue weighted by atomic mass is 35.5. The largest absolute Gasteiger partial charge is 0.495 e. The van der Waals surface area contributed by atoms with Crippen LogP contribution in [0.4, 0.5) is 5.69 Å². The molecule has 3 N–H and O–H groups in total. The number of nitrogens with zero attached hydrogens (tertiary/aromatic N) is 1. The predicted octanol–water partition coefficient (Wildman–Crippen LogP) is 0.575. The molecule has 2 aliphatic rings. The average Bonchev–Trinajstić information content (AvgIpc) is 2.66. The van der Waals surface area contributed by atoms with Crippen molar-refractivity contribution in [1.29, 1.82) is 0 Å². The number of methoxy groups -OCH3 is 2. The summed E-state index contributed by atoms with van der Waals surface area (Å²) >= 11 is 0. The Labute approximate surface area is 164 Å². The second-order valence-corrected chi connectivity index (χ2v) is 8.08. The molecule has 2 heterocycles. The third-order valence-corrected chi connectivity index (χ3v) is 6.68. The predicted molar refractivity (Wildman–Crippen MR) is 101 cm³/mol. The fraction of sp³-hybridized carbons (Fsp3) is 0.562. The number of halogens is 1. The normalized spacial score (nSPS) is 22.9. The van der Waals surface area contributed by atoms with Crippen molar-refractivity contribution < 1.29 is 27.4 Å². The van der Waals surface area contributed by atoms with E-state index in [0.29, 0.717) is 30.8 Å². The number of carbonyl (C=O) groups is 1. The average molecular weight is 422 g/mol.